The van der Waals surface area contributed by atoms with Crippen LogP contribution in [-0.2, 0) is 0 Å². The van der Waals surface area contributed by atoms with Gasteiger partial charge < -0.3 is 5.11 Å². The number of aromatic nitrogens is 2. The second-order valence-corrected chi connectivity index (χ2v) is 5.22. The molecule has 2 atom stereocenters. The zero-order valence-electron chi connectivity index (χ0n) is 10.7. The maximum Gasteiger partial charge on any atom is 0.105 e. The predicted molar refractivity (Wildman–Crippen MR) is 81.0 cm³/mol. The van der Waals surface area contributed by atoms with Gasteiger partial charge in [0.15, 0.2) is 0 Å². The maximum absolute atomic E-state index is 10.5. The van der Waals surface area contributed by atoms with Crippen LogP contribution in [0.25, 0.3) is 0 Å². The van der Waals surface area contributed by atoms with Gasteiger partial charge in [-0.05, 0) is 24.1 Å². The van der Waals surface area contributed by atoms with E-state index < -0.39 is 6.10 Å². The van der Waals surface area contributed by atoms with Gasteiger partial charge in [-0.1, -0.05) is 35.3 Å². The summed E-state index contributed by atoms with van der Waals surface area (Å²) in [6.45, 7) is 3.73. The summed E-state index contributed by atoms with van der Waals surface area (Å²) in [4.78, 5) is 8.11. The molecular formula is C15H14Cl2N2O. The summed E-state index contributed by atoms with van der Waals surface area (Å²) in [6.07, 6.45) is 6.17. The fourth-order valence-electron chi connectivity index (χ4n) is 2.08. The van der Waals surface area contributed by atoms with Gasteiger partial charge in [0.1, 0.15) is 6.10 Å². The molecule has 1 heterocycles. The Morgan fingerprint density at radius 3 is 2.70 bits per heavy atom. The third kappa shape index (κ3) is 3.37. The van der Waals surface area contributed by atoms with Crippen LogP contribution in [0.4, 0.5) is 0 Å². The van der Waals surface area contributed by atoms with Crippen LogP contribution >= 0.6 is 23.2 Å². The first-order valence-electron chi connectivity index (χ1n) is 6.13. The van der Waals surface area contributed by atoms with Gasteiger partial charge in [0.25, 0.3) is 0 Å². The molecular weight excluding hydrogens is 295 g/mol. The van der Waals surface area contributed by atoms with Crippen molar-refractivity contribution in [3.05, 3.63) is 70.7 Å². The molecule has 3 nitrogen and oxygen atoms in total. The second-order valence-electron chi connectivity index (χ2n) is 4.37. The third-order valence-corrected chi connectivity index (χ3v) is 3.61. The molecule has 2 rings (SSSR count). The first kappa shape index (κ1) is 15.0. The van der Waals surface area contributed by atoms with Crippen LogP contribution in [0.1, 0.15) is 29.7 Å². The molecule has 1 N–H and O–H groups in total. The minimum Gasteiger partial charge on any atom is -0.386 e. The lowest BCUT2D eigenvalue weighted by atomic mass is 9.88. The van der Waals surface area contributed by atoms with E-state index in [2.05, 4.69) is 16.5 Å². The van der Waals surface area contributed by atoms with Crippen molar-refractivity contribution in [1.82, 2.24) is 9.97 Å². The molecule has 0 bridgehead atoms. The first-order valence-corrected chi connectivity index (χ1v) is 6.89. The molecule has 0 fully saturated rings. The van der Waals surface area contributed by atoms with Crippen LogP contribution in [-0.4, -0.2) is 15.1 Å². The summed E-state index contributed by atoms with van der Waals surface area (Å²) in [5.41, 5.74) is 1.32. The average Bonchev–Trinajstić information content (AvgIpc) is 2.46. The molecule has 0 saturated heterocycles. The molecule has 0 aliphatic carbocycles. The number of hydrogen-bond donors (Lipinski definition) is 1. The Kier molecular flexibility index (Phi) is 5.12. The lowest BCUT2D eigenvalue weighted by molar-refractivity contribution is 0.140. The number of halogens is 2. The highest BCUT2D eigenvalue weighted by molar-refractivity contribution is 6.35. The fourth-order valence-corrected chi connectivity index (χ4v) is 2.63. The number of rotatable bonds is 5. The van der Waals surface area contributed by atoms with Gasteiger partial charge in [0.05, 0.1) is 11.9 Å². The lowest BCUT2D eigenvalue weighted by Crippen LogP contribution is -2.12. The number of benzene rings is 1. The Morgan fingerprint density at radius 1 is 1.30 bits per heavy atom. The zero-order chi connectivity index (χ0) is 14.5. The normalized spacial score (nSPS) is 13.8. The maximum atomic E-state index is 10.5. The highest BCUT2D eigenvalue weighted by atomic mass is 35.5. The van der Waals surface area contributed by atoms with E-state index in [4.69, 9.17) is 23.2 Å². The molecule has 1 aromatic carbocycles. The number of aliphatic hydroxyl groups is 1. The van der Waals surface area contributed by atoms with Crippen molar-refractivity contribution in [2.45, 2.75) is 18.4 Å². The van der Waals surface area contributed by atoms with Gasteiger partial charge in [-0.2, -0.15) is 0 Å². The molecule has 5 heteroatoms. The summed E-state index contributed by atoms with van der Waals surface area (Å²) in [6, 6.07) is 5.23. The van der Waals surface area contributed by atoms with E-state index in [1.54, 1.807) is 36.8 Å². The summed E-state index contributed by atoms with van der Waals surface area (Å²) >= 11 is 12.1. The molecule has 104 valence electrons. The van der Waals surface area contributed by atoms with Gasteiger partial charge in [-0.3, -0.25) is 9.97 Å². The van der Waals surface area contributed by atoms with E-state index in [9.17, 15) is 5.11 Å². The number of nitrogens with zero attached hydrogens (tertiary/aromatic N) is 2. The monoisotopic (exact) mass is 308 g/mol. The zero-order valence-corrected chi connectivity index (χ0v) is 12.2. The van der Waals surface area contributed by atoms with Crippen LogP contribution in [0.5, 0.6) is 0 Å². The van der Waals surface area contributed by atoms with E-state index in [0.717, 1.165) is 5.56 Å². The van der Waals surface area contributed by atoms with E-state index in [-0.39, 0.29) is 5.92 Å². The minimum absolute atomic E-state index is 0.242. The molecule has 0 aliphatic heterocycles. The molecule has 2 unspecified atom stereocenters. The fraction of sp³-hybridized carbons (Fsp3) is 0.200. The van der Waals surface area contributed by atoms with E-state index >= 15 is 0 Å². The van der Waals surface area contributed by atoms with E-state index in [0.29, 0.717) is 22.2 Å². The van der Waals surface area contributed by atoms with Crippen LogP contribution in [0.3, 0.4) is 0 Å². The molecule has 0 radical (unpaired) electrons. The highest BCUT2D eigenvalue weighted by Gasteiger charge is 2.25. The Bertz CT molecular complexity index is 590. The van der Waals surface area contributed by atoms with Gasteiger partial charge in [-0.15, -0.1) is 6.58 Å². The number of allylic oxidation sites excluding steroid dienone is 1. The van der Waals surface area contributed by atoms with Crippen molar-refractivity contribution in [2.24, 2.45) is 0 Å². The number of aliphatic hydroxyl groups excluding tert-OH is 1. The minimum atomic E-state index is -0.805. The summed E-state index contributed by atoms with van der Waals surface area (Å²) < 4.78 is 0. The summed E-state index contributed by atoms with van der Waals surface area (Å²) in [7, 11) is 0. The Labute approximate surface area is 127 Å². The Morgan fingerprint density at radius 2 is 2.10 bits per heavy atom. The van der Waals surface area contributed by atoms with Crippen LogP contribution in [0, 0.1) is 0 Å². The van der Waals surface area contributed by atoms with Crippen molar-refractivity contribution >= 4 is 23.2 Å². The lowest BCUT2D eigenvalue weighted by Gasteiger charge is -2.22. The van der Waals surface area contributed by atoms with Gasteiger partial charge >= 0.3 is 0 Å². The van der Waals surface area contributed by atoms with E-state index in [1.807, 2.05) is 6.07 Å². The topological polar surface area (TPSA) is 46.0 Å². The van der Waals surface area contributed by atoms with Gasteiger partial charge in [0.2, 0.25) is 0 Å². The van der Waals surface area contributed by atoms with Crippen molar-refractivity contribution in [3.63, 3.8) is 0 Å². The molecule has 0 aliphatic rings. The van der Waals surface area contributed by atoms with Gasteiger partial charge in [0, 0.05) is 28.4 Å². The Hall–Kier alpha value is -1.42. The van der Waals surface area contributed by atoms with Crippen molar-refractivity contribution in [1.29, 1.82) is 0 Å². The number of hydrogen-bond acceptors (Lipinski definition) is 3. The SMILES string of the molecule is C=CCC(c1ccc(Cl)cc1Cl)C(O)c1cnccn1. The third-order valence-electron chi connectivity index (χ3n) is 3.05. The quantitative estimate of drug-likeness (QED) is 0.843. The predicted octanol–water partition coefficient (Wildman–Crippen LogP) is 4.18. The highest BCUT2D eigenvalue weighted by Crippen LogP contribution is 2.37. The first-order chi connectivity index (χ1) is 9.63. The van der Waals surface area contributed by atoms with Crippen LogP contribution < -0.4 is 0 Å². The van der Waals surface area contributed by atoms with Crippen molar-refractivity contribution < 1.29 is 5.11 Å². The molecule has 1 aromatic heterocycles. The summed E-state index contributed by atoms with van der Waals surface area (Å²) in [5.74, 6) is -0.242. The standard InChI is InChI=1S/C15H14Cl2N2O/c1-2-3-12(11-5-4-10(16)8-13(11)17)15(20)14-9-18-6-7-19-14/h2,4-9,12,15,20H,1,3H2. The van der Waals surface area contributed by atoms with E-state index in [1.165, 1.54) is 0 Å². The molecule has 2 aromatic rings. The van der Waals surface area contributed by atoms with Crippen molar-refractivity contribution in [3.8, 4) is 0 Å². The van der Waals surface area contributed by atoms with Gasteiger partial charge in [-0.25, -0.2) is 0 Å². The second kappa shape index (κ2) is 6.84. The molecule has 20 heavy (non-hydrogen) atoms. The molecule has 0 spiro atoms. The Balaban J connectivity index is 2.38. The van der Waals surface area contributed by atoms with Crippen molar-refractivity contribution in [2.75, 3.05) is 0 Å². The van der Waals surface area contributed by atoms with Crippen LogP contribution in [0.15, 0.2) is 49.4 Å². The average molecular weight is 309 g/mol. The summed E-state index contributed by atoms with van der Waals surface area (Å²) in [5, 5.41) is 11.6. The smallest absolute Gasteiger partial charge is 0.105 e. The van der Waals surface area contributed by atoms with Crippen LogP contribution in [0.2, 0.25) is 10.0 Å². The largest absolute Gasteiger partial charge is 0.386 e. The molecule has 0 amide bonds. The molecule has 0 saturated carbocycles.